The number of fused-ring (bicyclic) bond motifs is 1. The summed E-state index contributed by atoms with van der Waals surface area (Å²) in [4.78, 5) is 43.8. The average molecular weight is 493 g/mol. The number of aryl methyl sites for hydroxylation is 2. The maximum atomic E-state index is 13.4. The predicted molar refractivity (Wildman–Crippen MR) is 137 cm³/mol. The van der Waals surface area contributed by atoms with Crippen LogP contribution in [0.5, 0.6) is 0 Å². The Balaban J connectivity index is 1.51. The molecule has 0 radical (unpaired) electrons. The highest BCUT2D eigenvalue weighted by Crippen LogP contribution is 2.25. The van der Waals surface area contributed by atoms with Crippen molar-refractivity contribution in [3.8, 4) is 5.69 Å². The number of thioether (sulfide) groups is 1. The second-order valence-corrected chi connectivity index (χ2v) is 9.69. The molecule has 0 aliphatic carbocycles. The van der Waals surface area contributed by atoms with Crippen molar-refractivity contribution in [1.29, 1.82) is 0 Å². The molecule has 0 fully saturated rings. The van der Waals surface area contributed by atoms with E-state index >= 15 is 0 Å². The molecule has 2 aromatic heterocycles. The van der Waals surface area contributed by atoms with E-state index in [2.05, 4.69) is 15.6 Å². The first-order chi connectivity index (χ1) is 16.4. The van der Waals surface area contributed by atoms with Gasteiger partial charge in [0, 0.05) is 11.4 Å². The van der Waals surface area contributed by atoms with Crippen LogP contribution in [0.15, 0.2) is 69.9 Å². The SMILES string of the molecule is Cc1cccc(C)c1-n1c(SCC(=O)NC(=O)NCCc2cccs2)nc2ccccc2c1=O. The lowest BCUT2D eigenvalue weighted by atomic mass is 10.1. The van der Waals surface area contributed by atoms with Crippen molar-refractivity contribution in [2.75, 3.05) is 12.3 Å². The number of hydrogen-bond acceptors (Lipinski definition) is 6. The van der Waals surface area contributed by atoms with E-state index in [-0.39, 0.29) is 11.3 Å². The molecule has 3 amide bonds. The summed E-state index contributed by atoms with van der Waals surface area (Å²) in [5, 5.41) is 7.92. The minimum atomic E-state index is -0.541. The lowest BCUT2D eigenvalue weighted by molar-refractivity contribution is -0.117. The molecular formula is C25H24N4O3S2. The van der Waals surface area contributed by atoms with Crippen molar-refractivity contribution >= 4 is 45.9 Å². The van der Waals surface area contributed by atoms with Crippen LogP contribution >= 0.6 is 23.1 Å². The zero-order chi connectivity index (χ0) is 24.1. The Hall–Kier alpha value is -3.43. The fourth-order valence-electron chi connectivity index (χ4n) is 3.66. The lowest BCUT2D eigenvalue weighted by Crippen LogP contribution is -2.41. The van der Waals surface area contributed by atoms with Gasteiger partial charge in [-0.3, -0.25) is 19.5 Å². The summed E-state index contributed by atoms with van der Waals surface area (Å²) < 4.78 is 1.56. The number of nitrogens with one attached hydrogen (secondary N) is 2. The van der Waals surface area contributed by atoms with E-state index in [1.54, 1.807) is 34.1 Å². The number of para-hydroxylation sites is 2. The van der Waals surface area contributed by atoms with Gasteiger partial charge in [0.25, 0.3) is 5.56 Å². The molecular weight excluding hydrogens is 468 g/mol. The highest BCUT2D eigenvalue weighted by molar-refractivity contribution is 7.99. The highest BCUT2D eigenvalue weighted by atomic mass is 32.2. The molecule has 34 heavy (non-hydrogen) atoms. The first kappa shape index (κ1) is 23.7. The summed E-state index contributed by atoms with van der Waals surface area (Å²) in [6.45, 7) is 4.31. The van der Waals surface area contributed by atoms with Crippen LogP contribution in [0, 0.1) is 13.8 Å². The largest absolute Gasteiger partial charge is 0.337 e. The predicted octanol–water partition coefficient (Wildman–Crippen LogP) is 4.22. The molecule has 2 heterocycles. The van der Waals surface area contributed by atoms with Gasteiger partial charge in [-0.25, -0.2) is 9.78 Å². The van der Waals surface area contributed by atoms with E-state index in [1.165, 1.54) is 0 Å². The Bertz CT molecular complexity index is 1380. The monoisotopic (exact) mass is 492 g/mol. The molecule has 2 N–H and O–H groups in total. The number of nitrogens with zero attached hydrogens (tertiary/aromatic N) is 2. The number of benzene rings is 2. The van der Waals surface area contributed by atoms with Crippen LogP contribution in [0.3, 0.4) is 0 Å². The maximum Gasteiger partial charge on any atom is 0.321 e. The average Bonchev–Trinajstić information content (AvgIpc) is 3.32. The van der Waals surface area contributed by atoms with Crippen molar-refractivity contribution in [1.82, 2.24) is 20.2 Å². The van der Waals surface area contributed by atoms with Crippen LogP contribution < -0.4 is 16.2 Å². The molecule has 0 spiro atoms. The van der Waals surface area contributed by atoms with E-state index in [1.807, 2.05) is 55.6 Å². The molecule has 0 unspecified atom stereocenters. The van der Waals surface area contributed by atoms with Gasteiger partial charge in [-0.2, -0.15) is 0 Å². The fourth-order valence-corrected chi connectivity index (χ4v) is 5.16. The molecule has 7 nitrogen and oxygen atoms in total. The maximum absolute atomic E-state index is 13.4. The second-order valence-electron chi connectivity index (χ2n) is 7.71. The Morgan fingerprint density at radius 3 is 2.53 bits per heavy atom. The summed E-state index contributed by atoms with van der Waals surface area (Å²) in [7, 11) is 0. The minimum absolute atomic E-state index is 0.0615. The van der Waals surface area contributed by atoms with Gasteiger partial charge in [0.05, 0.1) is 22.3 Å². The van der Waals surface area contributed by atoms with Crippen LogP contribution in [0.1, 0.15) is 16.0 Å². The molecule has 4 aromatic rings. The number of hydrogen-bond donors (Lipinski definition) is 2. The Morgan fingerprint density at radius 1 is 1.03 bits per heavy atom. The van der Waals surface area contributed by atoms with Crippen LogP contribution in [0.25, 0.3) is 16.6 Å². The van der Waals surface area contributed by atoms with Crippen LogP contribution in [0.2, 0.25) is 0 Å². The van der Waals surface area contributed by atoms with Crippen molar-refractivity contribution < 1.29 is 9.59 Å². The topological polar surface area (TPSA) is 93.1 Å². The molecule has 0 bridgehead atoms. The number of imide groups is 1. The van der Waals surface area contributed by atoms with E-state index < -0.39 is 11.9 Å². The lowest BCUT2D eigenvalue weighted by Gasteiger charge is -2.17. The van der Waals surface area contributed by atoms with Gasteiger partial charge in [0.15, 0.2) is 5.16 Å². The van der Waals surface area contributed by atoms with E-state index in [0.29, 0.717) is 29.0 Å². The number of aromatic nitrogens is 2. The Morgan fingerprint density at radius 2 is 1.79 bits per heavy atom. The summed E-state index contributed by atoms with van der Waals surface area (Å²) >= 11 is 2.74. The first-order valence-electron chi connectivity index (χ1n) is 10.8. The summed E-state index contributed by atoms with van der Waals surface area (Å²) in [6, 6.07) is 16.4. The van der Waals surface area contributed by atoms with E-state index in [4.69, 9.17) is 0 Å². The molecule has 0 atom stereocenters. The van der Waals surface area contributed by atoms with Gasteiger partial charge in [0.2, 0.25) is 5.91 Å². The van der Waals surface area contributed by atoms with Crippen molar-refractivity contribution in [3.63, 3.8) is 0 Å². The van der Waals surface area contributed by atoms with Crippen LogP contribution in [-0.2, 0) is 11.2 Å². The number of carbonyl (C=O) groups is 2. The molecule has 0 aliphatic heterocycles. The Labute approximate surface area is 205 Å². The van der Waals surface area contributed by atoms with Crippen molar-refractivity contribution in [3.05, 3.63) is 86.3 Å². The van der Waals surface area contributed by atoms with Crippen molar-refractivity contribution in [2.45, 2.75) is 25.4 Å². The second kappa shape index (κ2) is 10.7. The van der Waals surface area contributed by atoms with Gasteiger partial charge in [0.1, 0.15) is 0 Å². The van der Waals surface area contributed by atoms with Crippen LogP contribution in [0.4, 0.5) is 4.79 Å². The smallest absolute Gasteiger partial charge is 0.321 e. The number of amides is 3. The Kier molecular flexibility index (Phi) is 7.44. The van der Waals surface area contributed by atoms with Gasteiger partial charge in [-0.05, 0) is 55.0 Å². The zero-order valence-corrected chi connectivity index (χ0v) is 20.5. The molecule has 0 aliphatic rings. The summed E-state index contributed by atoms with van der Waals surface area (Å²) in [5.74, 6) is -0.525. The normalized spacial score (nSPS) is 10.9. The molecule has 174 valence electrons. The van der Waals surface area contributed by atoms with E-state index in [9.17, 15) is 14.4 Å². The standard InChI is InChI=1S/C25H24N4O3S2/c1-16-7-5-8-17(2)22(16)29-23(31)19-10-3-4-11-20(19)27-25(29)34-15-21(30)28-24(32)26-13-12-18-9-6-14-33-18/h3-11,14H,12-13,15H2,1-2H3,(H2,26,28,30,32). The fraction of sp³-hybridized carbons (Fsp3) is 0.200. The molecule has 0 saturated heterocycles. The molecule has 4 rings (SSSR count). The quantitative estimate of drug-likeness (QED) is 0.298. The molecule has 9 heteroatoms. The van der Waals surface area contributed by atoms with Crippen LogP contribution in [-0.4, -0.2) is 33.8 Å². The van der Waals surface area contributed by atoms with Gasteiger partial charge >= 0.3 is 6.03 Å². The first-order valence-corrected chi connectivity index (χ1v) is 12.6. The van der Waals surface area contributed by atoms with Gasteiger partial charge in [-0.1, -0.05) is 48.2 Å². The van der Waals surface area contributed by atoms with Gasteiger partial charge in [-0.15, -0.1) is 11.3 Å². The molecule has 0 saturated carbocycles. The van der Waals surface area contributed by atoms with Crippen molar-refractivity contribution in [2.24, 2.45) is 0 Å². The minimum Gasteiger partial charge on any atom is -0.337 e. The highest BCUT2D eigenvalue weighted by Gasteiger charge is 2.18. The number of urea groups is 1. The zero-order valence-electron chi connectivity index (χ0n) is 18.8. The summed E-state index contributed by atoms with van der Waals surface area (Å²) in [6.07, 6.45) is 0.705. The third-order valence-corrected chi connectivity index (χ3v) is 7.11. The number of thiophene rings is 1. The van der Waals surface area contributed by atoms with Gasteiger partial charge < -0.3 is 5.32 Å². The summed E-state index contributed by atoms with van der Waals surface area (Å²) in [5.41, 5.74) is 2.97. The van der Waals surface area contributed by atoms with E-state index in [0.717, 1.165) is 33.5 Å². The number of carbonyl (C=O) groups excluding carboxylic acids is 2. The third kappa shape index (κ3) is 5.37. The number of rotatable bonds is 7. The molecule has 2 aromatic carbocycles. The third-order valence-electron chi connectivity index (χ3n) is 5.23.